The SMILES string of the molecule is O=C(O)CC1C(=O)NC(c2ccc(F)cc2)C1c1cccc(C(F)(F)F)c1. The Morgan fingerprint density at radius 3 is 2.33 bits per heavy atom. The minimum absolute atomic E-state index is 0.198. The first-order chi connectivity index (χ1) is 12.7. The summed E-state index contributed by atoms with van der Waals surface area (Å²) < 4.78 is 52.5. The van der Waals surface area contributed by atoms with Gasteiger partial charge in [0, 0.05) is 5.92 Å². The summed E-state index contributed by atoms with van der Waals surface area (Å²) in [4.78, 5) is 23.5. The second-order valence-electron chi connectivity index (χ2n) is 6.39. The van der Waals surface area contributed by atoms with Gasteiger partial charge in [-0.2, -0.15) is 13.2 Å². The van der Waals surface area contributed by atoms with Crippen molar-refractivity contribution in [2.45, 2.75) is 24.6 Å². The molecule has 1 aliphatic heterocycles. The highest BCUT2D eigenvalue weighted by Gasteiger charge is 2.45. The van der Waals surface area contributed by atoms with E-state index >= 15 is 0 Å². The maximum atomic E-state index is 13.2. The van der Waals surface area contributed by atoms with Crippen LogP contribution in [0, 0.1) is 11.7 Å². The summed E-state index contributed by atoms with van der Waals surface area (Å²) >= 11 is 0. The number of carboxylic acid groups (broad SMARTS) is 1. The lowest BCUT2D eigenvalue weighted by atomic mass is 9.79. The highest BCUT2D eigenvalue weighted by molar-refractivity contribution is 5.87. The molecule has 3 rings (SSSR count). The van der Waals surface area contributed by atoms with Crippen LogP contribution in [0.2, 0.25) is 0 Å². The fourth-order valence-corrected chi connectivity index (χ4v) is 3.46. The van der Waals surface area contributed by atoms with Gasteiger partial charge in [0.2, 0.25) is 5.91 Å². The second-order valence-corrected chi connectivity index (χ2v) is 6.39. The van der Waals surface area contributed by atoms with Gasteiger partial charge >= 0.3 is 12.1 Å². The first kappa shape index (κ1) is 18.9. The number of rotatable bonds is 4. The van der Waals surface area contributed by atoms with Gasteiger partial charge in [-0.05, 0) is 29.3 Å². The summed E-state index contributed by atoms with van der Waals surface area (Å²) in [5.74, 6) is -4.16. The van der Waals surface area contributed by atoms with Gasteiger partial charge in [-0.3, -0.25) is 9.59 Å². The predicted octanol–water partition coefficient (Wildman–Crippen LogP) is 3.89. The Morgan fingerprint density at radius 2 is 1.74 bits per heavy atom. The van der Waals surface area contributed by atoms with Crippen LogP contribution in [-0.2, 0) is 15.8 Å². The molecule has 27 heavy (non-hydrogen) atoms. The van der Waals surface area contributed by atoms with E-state index in [2.05, 4.69) is 5.32 Å². The molecule has 142 valence electrons. The minimum atomic E-state index is -4.57. The fourth-order valence-electron chi connectivity index (χ4n) is 3.46. The Kier molecular flexibility index (Phi) is 4.91. The molecule has 2 aromatic carbocycles. The third kappa shape index (κ3) is 3.94. The number of hydrogen-bond acceptors (Lipinski definition) is 2. The zero-order valence-electron chi connectivity index (χ0n) is 13.8. The number of hydrogen-bond donors (Lipinski definition) is 2. The lowest BCUT2D eigenvalue weighted by Crippen LogP contribution is -2.22. The number of benzene rings is 2. The third-order valence-corrected chi connectivity index (χ3v) is 4.65. The second kappa shape index (κ2) is 7.02. The lowest BCUT2D eigenvalue weighted by Gasteiger charge is -2.24. The molecule has 0 spiro atoms. The van der Waals surface area contributed by atoms with Crippen LogP contribution in [0.25, 0.3) is 0 Å². The summed E-state index contributed by atoms with van der Waals surface area (Å²) in [7, 11) is 0. The van der Waals surface area contributed by atoms with Crippen molar-refractivity contribution in [3.63, 3.8) is 0 Å². The van der Waals surface area contributed by atoms with Crippen molar-refractivity contribution in [3.05, 3.63) is 71.0 Å². The van der Waals surface area contributed by atoms with Gasteiger partial charge in [-0.1, -0.05) is 30.3 Å². The molecule has 3 unspecified atom stereocenters. The minimum Gasteiger partial charge on any atom is -0.481 e. The molecule has 2 N–H and O–H groups in total. The van der Waals surface area contributed by atoms with Crippen LogP contribution in [0.5, 0.6) is 0 Å². The monoisotopic (exact) mass is 381 g/mol. The standard InChI is InChI=1S/C19H15F4NO3/c20-13-6-4-10(5-7-13)17-16(14(9-15(25)26)18(27)24-17)11-2-1-3-12(8-11)19(21,22)23/h1-8,14,16-17H,9H2,(H,24,27)(H,25,26). The molecule has 8 heteroatoms. The van der Waals surface area contributed by atoms with Gasteiger partial charge in [0.1, 0.15) is 5.82 Å². The zero-order valence-corrected chi connectivity index (χ0v) is 13.8. The van der Waals surface area contributed by atoms with Gasteiger partial charge in [-0.25, -0.2) is 4.39 Å². The number of halogens is 4. The summed E-state index contributed by atoms with van der Waals surface area (Å²) in [5, 5.41) is 11.8. The topological polar surface area (TPSA) is 66.4 Å². The van der Waals surface area contributed by atoms with Crippen molar-refractivity contribution < 1.29 is 32.3 Å². The quantitative estimate of drug-likeness (QED) is 0.790. The van der Waals surface area contributed by atoms with E-state index < -0.39 is 53.7 Å². The number of carboxylic acids is 1. The molecule has 3 atom stereocenters. The highest BCUT2D eigenvalue weighted by atomic mass is 19.4. The number of carbonyl (C=O) groups is 2. The third-order valence-electron chi connectivity index (χ3n) is 4.65. The lowest BCUT2D eigenvalue weighted by molar-refractivity contribution is -0.140. The van der Waals surface area contributed by atoms with Gasteiger partial charge < -0.3 is 10.4 Å². The number of amides is 1. The molecule has 2 aromatic rings. The number of nitrogens with one attached hydrogen (secondary N) is 1. The molecule has 1 heterocycles. The van der Waals surface area contributed by atoms with Crippen LogP contribution < -0.4 is 5.32 Å². The number of carbonyl (C=O) groups excluding carboxylic acids is 1. The van der Waals surface area contributed by atoms with Crippen molar-refractivity contribution in [1.29, 1.82) is 0 Å². The van der Waals surface area contributed by atoms with Crippen molar-refractivity contribution in [3.8, 4) is 0 Å². The van der Waals surface area contributed by atoms with Crippen LogP contribution in [0.1, 0.15) is 35.1 Å². The average molecular weight is 381 g/mol. The van der Waals surface area contributed by atoms with E-state index in [4.69, 9.17) is 5.11 Å². The van der Waals surface area contributed by atoms with Crippen LogP contribution in [0.4, 0.5) is 17.6 Å². The van der Waals surface area contributed by atoms with Crippen LogP contribution in [-0.4, -0.2) is 17.0 Å². The summed E-state index contributed by atoms with van der Waals surface area (Å²) in [5.41, 5.74) is -0.199. The molecular weight excluding hydrogens is 366 g/mol. The molecular formula is C19H15F4NO3. The van der Waals surface area contributed by atoms with Crippen LogP contribution in [0.3, 0.4) is 0 Å². The predicted molar refractivity (Wildman–Crippen MR) is 87.2 cm³/mol. The Hall–Kier alpha value is -2.90. The number of aliphatic carboxylic acids is 1. The first-order valence-corrected chi connectivity index (χ1v) is 8.11. The average Bonchev–Trinajstić information content (AvgIpc) is 2.91. The Bertz CT molecular complexity index is 864. The van der Waals surface area contributed by atoms with E-state index in [-0.39, 0.29) is 5.56 Å². The van der Waals surface area contributed by atoms with E-state index in [0.717, 1.165) is 12.1 Å². The van der Waals surface area contributed by atoms with Crippen molar-refractivity contribution in [1.82, 2.24) is 5.32 Å². The van der Waals surface area contributed by atoms with E-state index in [1.54, 1.807) is 0 Å². The van der Waals surface area contributed by atoms with Gasteiger partial charge in [0.25, 0.3) is 0 Å². The smallest absolute Gasteiger partial charge is 0.416 e. The molecule has 0 aromatic heterocycles. The van der Waals surface area contributed by atoms with E-state index in [9.17, 15) is 27.2 Å². The molecule has 1 amide bonds. The molecule has 1 saturated heterocycles. The Labute approximate surface area is 151 Å². The van der Waals surface area contributed by atoms with Gasteiger partial charge in [0.15, 0.2) is 0 Å². The molecule has 0 saturated carbocycles. The molecule has 0 aliphatic carbocycles. The maximum Gasteiger partial charge on any atom is 0.416 e. The Morgan fingerprint density at radius 1 is 1.07 bits per heavy atom. The van der Waals surface area contributed by atoms with Crippen LogP contribution in [0.15, 0.2) is 48.5 Å². The van der Waals surface area contributed by atoms with Gasteiger partial charge in [-0.15, -0.1) is 0 Å². The van der Waals surface area contributed by atoms with E-state index in [0.29, 0.717) is 5.56 Å². The summed E-state index contributed by atoms with van der Waals surface area (Å²) in [6.45, 7) is 0. The molecule has 1 aliphatic rings. The fraction of sp³-hybridized carbons (Fsp3) is 0.263. The van der Waals surface area contributed by atoms with E-state index in [1.807, 2.05) is 0 Å². The van der Waals surface area contributed by atoms with Crippen molar-refractivity contribution in [2.24, 2.45) is 5.92 Å². The summed E-state index contributed by atoms with van der Waals surface area (Å²) in [6, 6.07) is 8.93. The highest BCUT2D eigenvalue weighted by Crippen LogP contribution is 2.44. The largest absolute Gasteiger partial charge is 0.481 e. The first-order valence-electron chi connectivity index (χ1n) is 8.11. The van der Waals surface area contributed by atoms with Crippen LogP contribution >= 0.6 is 0 Å². The Balaban J connectivity index is 2.08. The van der Waals surface area contributed by atoms with Crippen molar-refractivity contribution in [2.75, 3.05) is 0 Å². The normalized spacial score (nSPS) is 22.5. The van der Waals surface area contributed by atoms with Crippen molar-refractivity contribution >= 4 is 11.9 Å². The zero-order chi connectivity index (χ0) is 19.8. The molecule has 1 fully saturated rings. The molecule has 0 radical (unpaired) electrons. The molecule has 0 bridgehead atoms. The summed E-state index contributed by atoms with van der Waals surface area (Å²) in [6.07, 6.45) is -5.09. The van der Waals surface area contributed by atoms with E-state index in [1.165, 1.54) is 36.4 Å². The maximum absolute atomic E-state index is 13.2. The number of alkyl halides is 3. The van der Waals surface area contributed by atoms with Gasteiger partial charge in [0.05, 0.1) is 23.9 Å². The molecule has 4 nitrogen and oxygen atoms in total.